The summed E-state index contributed by atoms with van der Waals surface area (Å²) in [5, 5.41) is 11.2. The van der Waals surface area contributed by atoms with Gasteiger partial charge in [0.1, 0.15) is 11.6 Å². The monoisotopic (exact) mass is 462 g/mol. The third-order valence-electron chi connectivity index (χ3n) is 6.46. The van der Waals surface area contributed by atoms with E-state index in [1.54, 1.807) is 22.9 Å². The van der Waals surface area contributed by atoms with Crippen molar-refractivity contribution in [3.05, 3.63) is 18.2 Å². The van der Waals surface area contributed by atoms with Gasteiger partial charge in [0.25, 0.3) is 0 Å². The van der Waals surface area contributed by atoms with Gasteiger partial charge >= 0.3 is 0 Å². The van der Waals surface area contributed by atoms with E-state index < -0.39 is 16.1 Å². The van der Waals surface area contributed by atoms with Gasteiger partial charge in [0.05, 0.1) is 10.4 Å². The molecule has 0 spiro atoms. The highest BCUT2D eigenvalue weighted by atomic mass is 32.2. The molecule has 10 heteroatoms. The molecule has 1 N–H and O–H groups in total. The van der Waals surface area contributed by atoms with Crippen LogP contribution in [0.4, 0.5) is 0 Å². The van der Waals surface area contributed by atoms with Crippen molar-refractivity contribution < 1.29 is 13.2 Å². The summed E-state index contributed by atoms with van der Waals surface area (Å²) in [6, 6.07) is 4.26. The Kier molecular flexibility index (Phi) is 7.42. The van der Waals surface area contributed by atoms with Crippen molar-refractivity contribution in [1.29, 1.82) is 0 Å². The Bertz CT molecular complexity index is 1030. The topological polar surface area (TPSA) is 100 Å². The first-order valence-corrected chi connectivity index (χ1v) is 13.3. The summed E-state index contributed by atoms with van der Waals surface area (Å²) in [6.07, 6.45) is 7.11. The Hall–Kier alpha value is -2.04. The van der Waals surface area contributed by atoms with Gasteiger partial charge in [-0.1, -0.05) is 25.0 Å². The largest absolute Gasteiger partial charge is 0.353 e. The number of benzene rings is 1. The molecule has 176 valence electrons. The second-order valence-corrected chi connectivity index (χ2v) is 10.7. The van der Waals surface area contributed by atoms with Crippen LogP contribution in [0.15, 0.2) is 23.1 Å². The van der Waals surface area contributed by atoms with Crippen LogP contribution in [0.2, 0.25) is 0 Å². The van der Waals surface area contributed by atoms with E-state index in [1.165, 1.54) is 30.0 Å². The summed E-state index contributed by atoms with van der Waals surface area (Å²) in [5.74, 6) is -0.198. The Labute approximate surface area is 190 Å². The summed E-state index contributed by atoms with van der Waals surface area (Å²) >= 11 is 0. The summed E-state index contributed by atoms with van der Waals surface area (Å²) in [6.45, 7) is 6.65. The quantitative estimate of drug-likeness (QED) is 0.644. The van der Waals surface area contributed by atoms with Crippen molar-refractivity contribution >= 4 is 27.0 Å². The predicted octanol–water partition coefficient (Wildman–Crippen LogP) is 1.99. The van der Waals surface area contributed by atoms with Gasteiger partial charge in [0.2, 0.25) is 15.9 Å². The molecule has 0 radical (unpaired) electrons. The lowest BCUT2D eigenvalue weighted by Crippen LogP contribution is -2.47. The molecule has 2 aliphatic rings. The molecule has 0 bridgehead atoms. The van der Waals surface area contributed by atoms with Crippen LogP contribution in [0, 0.1) is 0 Å². The minimum Gasteiger partial charge on any atom is -0.353 e. The Morgan fingerprint density at radius 2 is 1.88 bits per heavy atom. The van der Waals surface area contributed by atoms with Gasteiger partial charge in [-0.3, -0.25) is 4.79 Å². The molecule has 2 aliphatic heterocycles. The van der Waals surface area contributed by atoms with E-state index in [0.29, 0.717) is 31.4 Å². The van der Waals surface area contributed by atoms with Gasteiger partial charge < -0.3 is 10.2 Å². The van der Waals surface area contributed by atoms with Crippen molar-refractivity contribution in [3.8, 4) is 0 Å². The third kappa shape index (κ3) is 4.97. The molecule has 1 amide bonds. The van der Waals surface area contributed by atoms with E-state index in [1.807, 2.05) is 0 Å². The van der Waals surface area contributed by atoms with E-state index in [9.17, 15) is 13.2 Å². The zero-order chi connectivity index (χ0) is 22.6. The summed E-state index contributed by atoms with van der Waals surface area (Å²) in [4.78, 5) is 15.4. The fraction of sp³-hybridized carbons (Fsp3) is 0.682. The number of aromatic nitrogens is 3. The molecular weight excluding hydrogens is 428 g/mol. The Balaban J connectivity index is 1.42. The maximum Gasteiger partial charge on any atom is 0.243 e. The predicted molar refractivity (Wildman–Crippen MR) is 123 cm³/mol. The van der Waals surface area contributed by atoms with E-state index in [0.717, 1.165) is 38.1 Å². The van der Waals surface area contributed by atoms with E-state index in [2.05, 4.69) is 27.5 Å². The third-order valence-corrected chi connectivity index (χ3v) is 8.36. The number of aryl methyl sites for hydroxylation is 1. The van der Waals surface area contributed by atoms with E-state index >= 15 is 0 Å². The maximum atomic E-state index is 13.4. The number of carbonyl (C=O) groups excluding carboxylic acids is 1. The fourth-order valence-electron chi connectivity index (χ4n) is 4.73. The molecular formula is C22H34N6O3S. The minimum absolute atomic E-state index is 0.165. The van der Waals surface area contributed by atoms with Gasteiger partial charge in [0, 0.05) is 26.2 Å². The summed E-state index contributed by atoms with van der Waals surface area (Å²) < 4.78 is 29.9. The highest BCUT2D eigenvalue weighted by Gasteiger charge is 2.39. The molecule has 0 saturated carbocycles. The van der Waals surface area contributed by atoms with Crippen LogP contribution in [-0.4, -0.2) is 77.3 Å². The van der Waals surface area contributed by atoms with Crippen molar-refractivity contribution in [2.75, 3.05) is 32.7 Å². The van der Waals surface area contributed by atoms with Gasteiger partial charge in [-0.25, -0.2) is 13.1 Å². The number of nitrogens with zero attached hydrogens (tertiary/aromatic N) is 5. The second-order valence-electron chi connectivity index (χ2n) is 8.78. The lowest BCUT2D eigenvalue weighted by Gasteiger charge is -2.24. The van der Waals surface area contributed by atoms with Gasteiger partial charge in [-0.2, -0.15) is 4.31 Å². The number of hydrogen-bond donors (Lipinski definition) is 1. The van der Waals surface area contributed by atoms with Gasteiger partial charge in [-0.15, -0.1) is 5.10 Å². The number of amides is 1. The number of nitrogens with one attached hydrogen (secondary N) is 1. The molecule has 1 atom stereocenters. The van der Waals surface area contributed by atoms with Crippen LogP contribution in [-0.2, 0) is 21.4 Å². The molecule has 1 aromatic carbocycles. The maximum absolute atomic E-state index is 13.4. The number of likely N-dealkylation sites (tertiary alicyclic amines) is 1. The standard InChI is InChI=1S/C22H34N6O3S/c1-2-12-27-20-10-9-18(17-19(20)24-25-27)32(30,31)28-15-7-8-21(28)22(29)23-11-16-26-13-5-3-4-6-14-26/h9-10,17,21H,2-8,11-16H2,1H3,(H,23,29)/t21-/m1/s1. The minimum atomic E-state index is -3.79. The van der Waals surface area contributed by atoms with Gasteiger partial charge in [0.15, 0.2) is 0 Å². The molecule has 2 fully saturated rings. The Morgan fingerprint density at radius 1 is 1.09 bits per heavy atom. The molecule has 32 heavy (non-hydrogen) atoms. The smallest absolute Gasteiger partial charge is 0.243 e. The Morgan fingerprint density at radius 3 is 2.62 bits per heavy atom. The summed E-state index contributed by atoms with van der Waals surface area (Å²) in [7, 11) is -3.79. The molecule has 1 aromatic heterocycles. The zero-order valence-electron chi connectivity index (χ0n) is 18.9. The number of hydrogen-bond acceptors (Lipinski definition) is 6. The highest BCUT2D eigenvalue weighted by molar-refractivity contribution is 7.89. The first kappa shape index (κ1) is 23.1. The molecule has 0 aliphatic carbocycles. The SMILES string of the molecule is CCCn1nnc2cc(S(=O)(=O)N3CCC[C@@H]3C(=O)NCCN3CCCCCC3)ccc21. The van der Waals surface area contributed by atoms with Crippen LogP contribution in [0.1, 0.15) is 51.9 Å². The van der Waals surface area contributed by atoms with Crippen LogP contribution in [0.3, 0.4) is 0 Å². The number of fused-ring (bicyclic) bond motifs is 1. The molecule has 0 unspecified atom stereocenters. The van der Waals surface area contributed by atoms with Crippen LogP contribution in [0.25, 0.3) is 11.0 Å². The average molecular weight is 463 g/mol. The summed E-state index contributed by atoms with van der Waals surface area (Å²) in [5.41, 5.74) is 1.37. The first-order chi connectivity index (χ1) is 15.5. The van der Waals surface area contributed by atoms with Crippen LogP contribution >= 0.6 is 0 Å². The van der Waals surface area contributed by atoms with Crippen molar-refractivity contribution in [2.24, 2.45) is 0 Å². The van der Waals surface area contributed by atoms with Crippen LogP contribution in [0.5, 0.6) is 0 Å². The van der Waals surface area contributed by atoms with Crippen molar-refractivity contribution in [3.63, 3.8) is 0 Å². The van der Waals surface area contributed by atoms with Crippen molar-refractivity contribution in [1.82, 2.24) is 29.5 Å². The van der Waals surface area contributed by atoms with E-state index in [4.69, 9.17) is 0 Å². The molecule has 9 nitrogen and oxygen atoms in total. The fourth-order valence-corrected chi connectivity index (χ4v) is 6.41. The molecule has 2 saturated heterocycles. The zero-order valence-corrected chi connectivity index (χ0v) is 19.7. The number of rotatable bonds is 8. The molecule has 4 rings (SSSR count). The lowest BCUT2D eigenvalue weighted by atomic mass is 10.2. The van der Waals surface area contributed by atoms with E-state index in [-0.39, 0.29) is 10.8 Å². The van der Waals surface area contributed by atoms with Crippen LogP contribution < -0.4 is 5.32 Å². The normalized spacial score (nSPS) is 21.1. The number of sulfonamides is 1. The van der Waals surface area contributed by atoms with Gasteiger partial charge in [-0.05, 0) is 63.4 Å². The van der Waals surface area contributed by atoms with Crippen molar-refractivity contribution in [2.45, 2.75) is 69.4 Å². The highest BCUT2D eigenvalue weighted by Crippen LogP contribution is 2.28. The molecule has 3 heterocycles. The lowest BCUT2D eigenvalue weighted by molar-refractivity contribution is -0.124. The number of carbonyl (C=O) groups is 1. The molecule has 2 aromatic rings. The average Bonchev–Trinajstić information content (AvgIpc) is 3.36. The first-order valence-electron chi connectivity index (χ1n) is 11.9. The second kappa shape index (κ2) is 10.3.